The van der Waals surface area contributed by atoms with Gasteiger partial charge in [0.1, 0.15) is 6.07 Å². The number of anilines is 2. The van der Waals surface area contributed by atoms with Gasteiger partial charge in [0, 0.05) is 5.69 Å². The van der Waals surface area contributed by atoms with Crippen molar-refractivity contribution in [2.45, 2.75) is 17.8 Å². The highest BCUT2D eigenvalue weighted by molar-refractivity contribution is 7.92. The first-order valence-corrected chi connectivity index (χ1v) is 9.23. The van der Waals surface area contributed by atoms with E-state index in [0.29, 0.717) is 17.2 Å². The van der Waals surface area contributed by atoms with Gasteiger partial charge in [0.25, 0.3) is 10.0 Å². The van der Waals surface area contributed by atoms with Gasteiger partial charge in [-0.2, -0.15) is 26.9 Å². The summed E-state index contributed by atoms with van der Waals surface area (Å²) in [6.45, 7) is 0.161. The molecule has 2 aromatic rings. The second kappa shape index (κ2) is 7.35. The standard InChI is InChI=1S/C15H10BF3N4O5S/c17-15(18,19)14(24)22-11-3-9(5-20)13(21-6-11)29(26,27)23-10-2-1-8-7-28-16(25)12(8)4-10/h1-4,6,23,25H,7H2,(H,22,24). The molecular formula is C15H10BF3N4O5S. The van der Waals surface area contributed by atoms with E-state index in [9.17, 15) is 31.4 Å². The molecule has 0 bridgehead atoms. The lowest BCUT2D eigenvalue weighted by molar-refractivity contribution is -0.167. The fourth-order valence-corrected chi connectivity index (χ4v) is 3.62. The minimum Gasteiger partial charge on any atom is -0.423 e. The summed E-state index contributed by atoms with van der Waals surface area (Å²) in [5, 5.41) is 19.6. The monoisotopic (exact) mass is 426 g/mol. The van der Waals surface area contributed by atoms with Crippen molar-refractivity contribution in [3.63, 3.8) is 0 Å². The molecule has 0 spiro atoms. The fourth-order valence-electron chi connectivity index (χ4n) is 2.50. The molecule has 0 saturated heterocycles. The molecule has 14 heteroatoms. The highest BCUT2D eigenvalue weighted by Crippen LogP contribution is 2.23. The lowest BCUT2D eigenvalue weighted by atomic mass is 9.79. The van der Waals surface area contributed by atoms with Gasteiger partial charge >= 0.3 is 19.2 Å². The normalized spacial score (nSPS) is 13.6. The first-order valence-electron chi connectivity index (χ1n) is 7.75. The smallest absolute Gasteiger partial charge is 0.423 e. The molecule has 0 saturated carbocycles. The predicted octanol–water partition coefficient (Wildman–Crippen LogP) is 0.473. The van der Waals surface area contributed by atoms with Gasteiger partial charge in [0.05, 0.1) is 24.1 Å². The number of halogens is 3. The maximum atomic E-state index is 12.6. The third kappa shape index (κ3) is 4.31. The van der Waals surface area contributed by atoms with Crippen molar-refractivity contribution in [2.24, 2.45) is 0 Å². The van der Waals surface area contributed by atoms with Crippen LogP contribution in [0.2, 0.25) is 0 Å². The number of aromatic nitrogens is 1. The van der Waals surface area contributed by atoms with Crippen LogP contribution in [0.4, 0.5) is 24.5 Å². The summed E-state index contributed by atoms with van der Waals surface area (Å²) in [6, 6.07) is 6.56. The minimum absolute atomic E-state index is 0.0495. The number of sulfonamides is 1. The van der Waals surface area contributed by atoms with E-state index in [2.05, 4.69) is 9.71 Å². The van der Waals surface area contributed by atoms with Gasteiger partial charge in [-0.05, 0) is 29.2 Å². The molecule has 1 aromatic carbocycles. The summed E-state index contributed by atoms with van der Waals surface area (Å²) >= 11 is 0. The summed E-state index contributed by atoms with van der Waals surface area (Å²) in [5.41, 5.74) is 0.000919. The first kappa shape index (κ1) is 20.6. The van der Waals surface area contributed by atoms with Crippen LogP contribution in [0.5, 0.6) is 0 Å². The van der Waals surface area contributed by atoms with Gasteiger partial charge in [0.15, 0.2) is 5.03 Å². The Morgan fingerprint density at radius 3 is 2.69 bits per heavy atom. The van der Waals surface area contributed by atoms with E-state index in [1.807, 2.05) is 0 Å². The van der Waals surface area contributed by atoms with Crippen molar-refractivity contribution < 1.29 is 36.1 Å². The Morgan fingerprint density at radius 2 is 2.03 bits per heavy atom. The van der Waals surface area contributed by atoms with Crippen LogP contribution in [0.15, 0.2) is 35.5 Å². The molecule has 1 aliphatic heterocycles. The number of carbonyl (C=O) groups is 1. The highest BCUT2D eigenvalue weighted by Gasteiger charge is 2.39. The van der Waals surface area contributed by atoms with Crippen LogP contribution in [0, 0.1) is 11.3 Å². The van der Waals surface area contributed by atoms with E-state index < -0.39 is 45.5 Å². The molecule has 3 N–H and O–H groups in total. The van der Waals surface area contributed by atoms with E-state index in [-0.39, 0.29) is 12.3 Å². The van der Waals surface area contributed by atoms with Crippen LogP contribution in [0.3, 0.4) is 0 Å². The molecule has 29 heavy (non-hydrogen) atoms. The predicted molar refractivity (Wildman–Crippen MR) is 93.3 cm³/mol. The number of hydrogen-bond acceptors (Lipinski definition) is 7. The Bertz CT molecular complexity index is 1130. The fraction of sp³-hybridized carbons (Fsp3) is 0.133. The number of alkyl halides is 3. The van der Waals surface area contributed by atoms with Crippen molar-refractivity contribution in [2.75, 3.05) is 10.0 Å². The van der Waals surface area contributed by atoms with E-state index in [4.69, 9.17) is 9.92 Å². The number of amides is 1. The van der Waals surface area contributed by atoms with Crippen molar-refractivity contribution in [1.29, 1.82) is 5.26 Å². The number of benzene rings is 1. The Kier molecular flexibility index (Phi) is 5.22. The van der Waals surface area contributed by atoms with Gasteiger partial charge in [-0.25, -0.2) is 4.98 Å². The van der Waals surface area contributed by atoms with Gasteiger partial charge < -0.3 is 15.0 Å². The quantitative estimate of drug-likeness (QED) is 0.604. The number of nitriles is 1. The topological polar surface area (TPSA) is 141 Å². The number of nitrogens with zero attached hydrogens (tertiary/aromatic N) is 2. The third-order valence-electron chi connectivity index (χ3n) is 3.80. The first-order chi connectivity index (χ1) is 13.5. The summed E-state index contributed by atoms with van der Waals surface area (Å²) in [6.07, 6.45) is -4.49. The van der Waals surface area contributed by atoms with Gasteiger partial charge in [0.2, 0.25) is 0 Å². The van der Waals surface area contributed by atoms with E-state index >= 15 is 0 Å². The van der Waals surface area contributed by atoms with Crippen LogP contribution >= 0.6 is 0 Å². The molecule has 0 radical (unpaired) electrons. The molecular weight excluding hydrogens is 416 g/mol. The van der Waals surface area contributed by atoms with Crippen molar-refractivity contribution in [1.82, 2.24) is 4.98 Å². The minimum atomic E-state index is -5.17. The lowest BCUT2D eigenvalue weighted by Crippen LogP contribution is -2.30. The van der Waals surface area contributed by atoms with Crippen LogP contribution in [-0.4, -0.2) is 37.6 Å². The molecule has 1 aromatic heterocycles. The average molecular weight is 426 g/mol. The molecule has 0 fully saturated rings. The van der Waals surface area contributed by atoms with Crippen LogP contribution in [0.25, 0.3) is 0 Å². The number of pyridine rings is 1. The zero-order valence-corrected chi connectivity index (χ0v) is 15.0. The van der Waals surface area contributed by atoms with Gasteiger partial charge in [-0.15, -0.1) is 0 Å². The molecule has 3 rings (SSSR count). The van der Waals surface area contributed by atoms with E-state index in [1.165, 1.54) is 29.6 Å². The second-order valence-corrected chi connectivity index (χ2v) is 7.42. The molecule has 9 nitrogen and oxygen atoms in total. The zero-order chi connectivity index (χ0) is 21.4. The summed E-state index contributed by atoms with van der Waals surface area (Å²) in [7, 11) is -5.62. The van der Waals surface area contributed by atoms with Crippen LogP contribution in [0.1, 0.15) is 11.1 Å². The molecule has 150 valence electrons. The highest BCUT2D eigenvalue weighted by atomic mass is 32.2. The SMILES string of the molecule is N#Cc1cc(NC(=O)C(F)(F)F)cnc1S(=O)(=O)Nc1ccc2c(c1)B(O)OC2. The average Bonchev–Trinajstić information content (AvgIpc) is 3.01. The summed E-state index contributed by atoms with van der Waals surface area (Å²) in [5.74, 6) is -2.30. The zero-order valence-electron chi connectivity index (χ0n) is 14.2. The van der Waals surface area contributed by atoms with Crippen LogP contribution < -0.4 is 15.5 Å². The van der Waals surface area contributed by atoms with Gasteiger partial charge in [-0.1, -0.05) is 6.07 Å². The van der Waals surface area contributed by atoms with E-state index in [0.717, 1.165) is 6.07 Å². The van der Waals surface area contributed by atoms with Gasteiger partial charge in [-0.3, -0.25) is 9.52 Å². The Hall–Kier alpha value is -3.15. The Labute approximate surface area is 162 Å². The third-order valence-corrected chi connectivity index (χ3v) is 5.14. The Balaban J connectivity index is 1.88. The van der Waals surface area contributed by atoms with Crippen molar-refractivity contribution >= 4 is 39.9 Å². The summed E-state index contributed by atoms with van der Waals surface area (Å²) < 4.78 is 69.3. The maximum Gasteiger partial charge on any atom is 0.491 e. The number of carbonyl (C=O) groups excluding carboxylic acids is 1. The second-order valence-electron chi connectivity index (χ2n) is 5.82. The Morgan fingerprint density at radius 1 is 1.31 bits per heavy atom. The number of nitrogens with one attached hydrogen (secondary N) is 2. The largest absolute Gasteiger partial charge is 0.491 e. The molecule has 1 aliphatic rings. The molecule has 0 unspecified atom stereocenters. The van der Waals surface area contributed by atoms with Crippen molar-refractivity contribution in [3.8, 4) is 6.07 Å². The number of rotatable bonds is 4. The molecule has 0 aliphatic carbocycles. The number of fused-ring (bicyclic) bond motifs is 1. The lowest BCUT2D eigenvalue weighted by Gasteiger charge is -2.12. The van der Waals surface area contributed by atoms with Crippen molar-refractivity contribution in [3.05, 3.63) is 41.6 Å². The van der Waals surface area contributed by atoms with E-state index in [1.54, 1.807) is 0 Å². The van der Waals surface area contributed by atoms with Crippen LogP contribution in [-0.2, 0) is 26.1 Å². The molecule has 0 atom stereocenters. The number of hydrogen-bond donors (Lipinski definition) is 3. The molecule has 2 heterocycles. The molecule has 1 amide bonds. The summed E-state index contributed by atoms with van der Waals surface area (Å²) in [4.78, 5) is 14.5. The maximum absolute atomic E-state index is 12.6.